The minimum atomic E-state index is -5.23. The highest BCUT2D eigenvalue weighted by Crippen LogP contribution is 2.57. The smallest absolute Gasteiger partial charge is 0.302 e. The Morgan fingerprint density at radius 1 is 1.17 bits per heavy atom. The van der Waals surface area contributed by atoms with E-state index in [2.05, 4.69) is 8.83 Å². The Balaban J connectivity index is 2.75. The molecule has 1 unspecified atom stereocenters. The zero-order valence-electron chi connectivity index (χ0n) is 12.4. The quantitative estimate of drug-likeness (QED) is 0.567. The predicted octanol–water partition coefficient (Wildman–Crippen LogP) is 1.81. The molecule has 0 spiro atoms. The van der Waals surface area contributed by atoms with E-state index in [1.165, 1.54) is 12.1 Å². The number of hydrogen-bond acceptors (Lipinski definition) is 6. The summed E-state index contributed by atoms with van der Waals surface area (Å²) >= 11 is 0. The molecule has 0 aliphatic carbocycles. The van der Waals surface area contributed by atoms with Crippen LogP contribution >= 0.6 is 15.6 Å². The summed E-state index contributed by atoms with van der Waals surface area (Å²) in [5.74, 6) is -0.528. The molecule has 132 valence electrons. The normalized spacial score (nSPS) is 15.6. The van der Waals surface area contributed by atoms with Gasteiger partial charge in [0, 0.05) is 0 Å². The molecule has 23 heavy (non-hydrogen) atoms. The molecule has 1 aromatic rings. The standard InChI is InChI=1S/C11H18O9P2S/c1-9(2)10-4-3-5-11(8-10)23(17,18)7-6-19-22(15,16)20-21(12,13)14/h3-5,8-9H,6-7H2,1-2H3,(H,15,16)(H2,12,13,14). The third-order valence-electron chi connectivity index (χ3n) is 2.70. The van der Waals surface area contributed by atoms with Crippen LogP contribution in [0.4, 0.5) is 0 Å². The van der Waals surface area contributed by atoms with Gasteiger partial charge in [-0.1, -0.05) is 26.0 Å². The van der Waals surface area contributed by atoms with Crippen molar-refractivity contribution in [2.24, 2.45) is 0 Å². The van der Waals surface area contributed by atoms with E-state index in [1.54, 1.807) is 12.1 Å². The Morgan fingerprint density at radius 2 is 1.78 bits per heavy atom. The van der Waals surface area contributed by atoms with Crippen LogP contribution in [0, 0.1) is 0 Å². The van der Waals surface area contributed by atoms with Crippen molar-refractivity contribution >= 4 is 25.5 Å². The van der Waals surface area contributed by atoms with Gasteiger partial charge in [-0.15, -0.1) is 0 Å². The number of phosphoric acid groups is 2. The molecule has 0 aliphatic heterocycles. The number of benzene rings is 1. The van der Waals surface area contributed by atoms with Gasteiger partial charge in [0.05, 0.1) is 17.3 Å². The Morgan fingerprint density at radius 3 is 2.30 bits per heavy atom. The average Bonchev–Trinajstić information content (AvgIpc) is 2.35. The molecule has 9 nitrogen and oxygen atoms in total. The molecular weight excluding hydrogens is 370 g/mol. The second-order valence-electron chi connectivity index (χ2n) is 4.92. The third kappa shape index (κ3) is 7.24. The Labute approximate surface area is 134 Å². The van der Waals surface area contributed by atoms with E-state index in [0.29, 0.717) is 0 Å². The number of phosphoric ester groups is 1. The summed E-state index contributed by atoms with van der Waals surface area (Å²) < 4.78 is 53.8. The first-order valence-corrected chi connectivity index (χ1v) is 11.1. The maximum Gasteiger partial charge on any atom is 0.481 e. The van der Waals surface area contributed by atoms with Crippen LogP contribution < -0.4 is 0 Å². The molecule has 0 fully saturated rings. The fourth-order valence-corrected chi connectivity index (χ4v) is 4.45. The zero-order valence-corrected chi connectivity index (χ0v) is 15.0. The van der Waals surface area contributed by atoms with Crippen molar-refractivity contribution in [3.8, 4) is 0 Å². The van der Waals surface area contributed by atoms with Gasteiger partial charge in [0.1, 0.15) is 0 Å². The molecule has 0 radical (unpaired) electrons. The monoisotopic (exact) mass is 388 g/mol. The summed E-state index contributed by atoms with van der Waals surface area (Å²) in [6.07, 6.45) is 0. The van der Waals surface area contributed by atoms with Gasteiger partial charge >= 0.3 is 15.6 Å². The lowest BCUT2D eigenvalue weighted by atomic mass is 10.0. The van der Waals surface area contributed by atoms with Gasteiger partial charge in [-0.25, -0.2) is 17.5 Å². The molecule has 0 heterocycles. The highest BCUT2D eigenvalue weighted by molar-refractivity contribution is 7.91. The van der Waals surface area contributed by atoms with Crippen molar-refractivity contribution in [3.05, 3.63) is 29.8 Å². The topological polar surface area (TPSA) is 147 Å². The molecule has 0 saturated heterocycles. The number of sulfone groups is 1. The van der Waals surface area contributed by atoms with Crippen LogP contribution in [0.3, 0.4) is 0 Å². The van der Waals surface area contributed by atoms with Crippen molar-refractivity contribution in [1.29, 1.82) is 0 Å². The van der Waals surface area contributed by atoms with E-state index in [-0.39, 0.29) is 10.8 Å². The minimum absolute atomic E-state index is 0.0241. The fraction of sp³-hybridized carbons (Fsp3) is 0.455. The number of hydrogen-bond donors (Lipinski definition) is 3. The van der Waals surface area contributed by atoms with E-state index in [9.17, 15) is 17.5 Å². The SMILES string of the molecule is CC(C)c1cccc(S(=O)(=O)CCOP(=O)(O)OP(=O)(O)O)c1. The Kier molecular flexibility index (Phi) is 6.72. The number of rotatable bonds is 8. The highest BCUT2D eigenvalue weighted by atomic mass is 32.2. The first-order valence-electron chi connectivity index (χ1n) is 6.39. The van der Waals surface area contributed by atoms with Crippen LogP contribution in [-0.4, -0.2) is 35.5 Å². The van der Waals surface area contributed by atoms with Crippen LogP contribution in [0.1, 0.15) is 25.3 Å². The second kappa shape index (κ2) is 7.55. The molecule has 0 bridgehead atoms. The van der Waals surface area contributed by atoms with Gasteiger partial charge in [0.25, 0.3) is 0 Å². The maximum absolute atomic E-state index is 12.1. The van der Waals surface area contributed by atoms with Crippen LogP contribution in [0.15, 0.2) is 29.2 Å². The van der Waals surface area contributed by atoms with Gasteiger partial charge in [-0.2, -0.15) is 4.31 Å². The summed E-state index contributed by atoms with van der Waals surface area (Å²) in [6, 6.07) is 6.23. The van der Waals surface area contributed by atoms with Crippen molar-refractivity contribution in [2.75, 3.05) is 12.4 Å². The van der Waals surface area contributed by atoms with E-state index < -0.39 is 37.8 Å². The van der Waals surface area contributed by atoms with Crippen molar-refractivity contribution in [1.82, 2.24) is 0 Å². The van der Waals surface area contributed by atoms with Crippen LogP contribution in [0.5, 0.6) is 0 Å². The Hall–Kier alpha value is -0.570. The third-order valence-corrected chi connectivity index (χ3v) is 6.56. The van der Waals surface area contributed by atoms with E-state index in [4.69, 9.17) is 14.7 Å². The molecule has 3 N–H and O–H groups in total. The van der Waals surface area contributed by atoms with E-state index in [0.717, 1.165) is 5.56 Å². The van der Waals surface area contributed by atoms with Crippen molar-refractivity contribution in [2.45, 2.75) is 24.7 Å². The summed E-state index contributed by atoms with van der Waals surface area (Å²) in [5, 5.41) is 0. The van der Waals surface area contributed by atoms with E-state index in [1.807, 2.05) is 13.8 Å². The fourth-order valence-electron chi connectivity index (χ4n) is 1.61. The molecule has 0 aromatic heterocycles. The Bertz CT molecular complexity index is 738. The molecule has 0 aliphatic rings. The highest BCUT2D eigenvalue weighted by Gasteiger charge is 2.32. The molecule has 1 rings (SSSR count). The molecule has 12 heteroatoms. The van der Waals surface area contributed by atoms with Crippen molar-refractivity contribution in [3.63, 3.8) is 0 Å². The second-order valence-corrected chi connectivity index (χ2v) is 9.86. The van der Waals surface area contributed by atoms with E-state index >= 15 is 0 Å². The molecular formula is C11H18O9P2S. The first-order chi connectivity index (χ1) is 10.3. The summed E-state index contributed by atoms with van der Waals surface area (Å²) in [5.41, 5.74) is 0.810. The lowest BCUT2D eigenvalue weighted by Gasteiger charge is -2.13. The lowest BCUT2D eigenvalue weighted by Crippen LogP contribution is -2.12. The van der Waals surface area contributed by atoms with Crippen LogP contribution in [0.25, 0.3) is 0 Å². The summed E-state index contributed by atoms with van der Waals surface area (Å²) in [7, 11) is -14.1. The molecule has 1 aromatic carbocycles. The molecule has 0 amide bonds. The minimum Gasteiger partial charge on any atom is -0.302 e. The van der Waals surface area contributed by atoms with Gasteiger partial charge in [0.2, 0.25) is 0 Å². The average molecular weight is 388 g/mol. The summed E-state index contributed by atoms with van der Waals surface area (Å²) in [6.45, 7) is 3.04. The van der Waals surface area contributed by atoms with Gasteiger partial charge in [-0.3, -0.25) is 4.52 Å². The van der Waals surface area contributed by atoms with Crippen LogP contribution in [-0.2, 0) is 27.8 Å². The first kappa shape index (κ1) is 20.5. The predicted molar refractivity (Wildman–Crippen MR) is 81.5 cm³/mol. The molecule has 0 saturated carbocycles. The largest absolute Gasteiger partial charge is 0.481 e. The van der Waals surface area contributed by atoms with Gasteiger partial charge in [0.15, 0.2) is 9.84 Å². The summed E-state index contributed by atoms with van der Waals surface area (Å²) in [4.78, 5) is 25.9. The van der Waals surface area contributed by atoms with Gasteiger partial charge < -0.3 is 14.7 Å². The van der Waals surface area contributed by atoms with Gasteiger partial charge in [-0.05, 0) is 23.6 Å². The zero-order chi connectivity index (χ0) is 17.9. The van der Waals surface area contributed by atoms with Crippen molar-refractivity contribution < 1.29 is 41.1 Å². The maximum atomic E-state index is 12.1. The van der Waals surface area contributed by atoms with Crippen LogP contribution in [0.2, 0.25) is 0 Å². The molecule has 1 atom stereocenters. The lowest BCUT2D eigenvalue weighted by molar-refractivity contribution is 0.185.